The largest absolute Gasteiger partial charge is 0.496 e. The molecule has 0 aromatic heterocycles. The average Bonchev–Trinajstić information content (AvgIpc) is 3.58. The third kappa shape index (κ3) is 14.6. The smallest absolute Gasteiger partial charge is 0.309 e. The summed E-state index contributed by atoms with van der Waals surface area (Å²) in [5.74, 6) is 0.396. The van der Waals surface area contributed by atoms with Crippen molar-refractivity contribution in [3.05, 3.63) is 188 Å². The van der Waals surface area contributed by atoms with Crippen LogP contribution in [-0.2, 0) is 38.0 Å². The zero-order chi connectivity index (χ0) is 58.3. The van der Waals surface area contributed by atoms with E-state index in [-0.39, 0.29) is 29.6 Å². The summed E-state index contributed by atoms with van der Waals surface area (Å²) in [6.45, 7) is 25.6. The Bertz CT molecular complexity index is 3080. The number of hydrogen-bond donors (Lipinski definition) is 3. The number of esters is 1. The van der Waals surface area contributed by atoms with Gasteiger partial charge in [0.1, 0.15) is 11.5 Å². The molecule has 0 heterocycles. The van der Waals surface area contributed by atoms with E-state index in [1.54, 1.807) is 14.2 Å². The lowest BCUT2D eigenvalue weighted by Gasteiger charge is -2.34. The summed E-state index contributed by atoms with van der Waals surface area (Å²) in [4.78, 5) is 23.2. The molecular formula is C71H90O8. The lowest BCUT2D eigenvalue weighted by molar-refractivity contribution is -0.140. The van der Waals surface area contributed by atoms with Crippen LogP contribution in [0.4, 0.5) is 0 Å². The molecule has 0 saturated carbocycles. The van der Waals surface area contributed by atoms with E-state index in [9.17, 15) is 24.9 Å². The van der Waals surface area contributed by atoms with Crippen LogP contribution in [0.1, 0.15) is 174 Å². The van der Waals surface area contributed by atoms with Gasteiger partial charge in [-0.05, 0) is 181 Å². The van der Waals surface area contributed by atoms with Crippen LogP contribution in [0.25, 0.3) is 34.4 Å². The van der Waals surface area contributed by atoms with E-state index in [1.165, 1.54) is 40.5 Å². The second-order valence-corrected chi connectivity index (χ2v) is 21.5. The number of carbonyl (C=O) groups excluding carboxylic acids is 1. The van der Waals surface area contributed by atoms with Gasteiger partial charge in [0.2, 0.25) is 0 Å². The standard InChI is InChI=1S/C36H46O4.C35H44O4/c1-9-35(38,10-2)20-19-28-14-15-29(21-25(28)5)36(11-3,12-4)30-16-17-31(26(6)22-30)32-23-27(24-34(37)40-8)13-18-33(32)39-7;1-8-34(38,9-2)19-18-27-13-14-28(20-24(27)5)35(10-3,11-4)29-15-16-30(25(6)21-29)31-22-26(23-33(36)37)12-17-32(31)39-7/h13-23,38H,9-12,24H2,1-8H3;12-22,38H,8-11,23H2,1-7H3,(H,36,37)/b20-19+;19-18+. The number of benzene rings is 6. The first-order chi connectivity index (χ1) is 37.6. The van der Waals surface area contributed by atoms with Crippen LogP contribution in [0.3, 0.4) is 0 Å². The number of aliphatic hydroxyl groups is 2. The quantitative estimate of drug-likeness (QED) is 0.0512. The van der Waals surface area contributed by atoms with Crippen LogP contribution in [0, 0.1) is 27.7 Å². The van der Waals surface area contributed by atoms with Crippen molar-refractivity contribution in [3.63, 3.8) is 0 Å². The predicted octanol–water partition coefficient (Wildman–Crippen LogP) is 16.6. The fourth-order valence-electron chi connectivity index (χ4n) is 11.3. The third-order valence-electron chi connectivity index (χ3n) is 17.3. The highest BCUT2D eigenvalue weighted by molar-refractivity contribution is 5.79. The first kappa shape index (κ1) is 63.1. The van der Waals surface area contributed by atoms with Crippen LogP contribution >= 0.6 is 0 Å². The van der Waals surface area contributed by atoms with Crippen LogP contribution < -0.4 is 9.47 Å². The molecule has 6 rings (SSSR count). The van der Waals surface area contributed by atoms with Crippen LogP contribution in [0.5, 0.6) is 11.5 Å². The summed E-state index contributed by atoms with van der Waals surface area (Å²) < 4.78 is 16.2. The van der Waals surface area contributed by atoms with Crippen LogP contribution in [-0.4, -0.2) is 59.8 Å². The first-order valence-corrected chi connectivity index (χ1v) is 28.6. The predicted molar refractivity (Wildman–Crippen MR) is 328 cm³/mol. The molecular weight excluding hydrogens is 981 g/mol. The molecule has 0 bridgehead atoms. The number of rotatable bonds is 24. The summed E-state index contributed by atoms with van der Waals surface area (Å²) in [7, 11) is 4.73. The molecule has 8 nitrogen and oxygen atoms in total. The fourth-order valence-corrected chi connectivity index (χ4v) is 11.3. The van der Waals surface area contributed by atoms with E-state index in [4.69, 9.17) is 14.2 Å². The highest BCUT2D eigenvalue weighted by Gasteiger charge is 2.33. The van der Waals surface area contributed by atoms with E-state index in [0.29, 0.717) is 25.7 Å². The van der Waals surface area contributed by atoms with Gasteiger partial charge in [0.25, 0.3) is 0 Å². The molecule has 0 radical (unpaired) electrons. The monoisotopic (exact) mass is 1070 g/mol. The Labute approximate surface area is 473 Å². The Morgan fingerprint density at radius 2 is 0.772 bits per heavy atom. The SMILES string of the molecule is CCC(O)(/C=C/c1ccc(C(CC)(CC)c2ccc(-c3cc(CC(=O)O)ccc3OC)c(C)c2)cc1C)CC.CCC(O)(/C=C/c1ccc(C(CC)(CC)c2ccc(-c3cc(CC(=O)OC)ccc3OC)c(C)c2)cc1C)CC. The van der Waals surface area contributed by atoms with Crippen LogP contribution in [0.2, 0.25) is 0 Å². The van der Waals surface area contributed by atoms with Crippen molar-refractivity contribution >= 4 is 24.1 Å². The van der Waals surface area contributed by atoms with Crippen molar-refractivity contribution in [2.24, 2.45) is 0 Å². The van der Waals surface area contributed by atoms with Crippen molar-refractivity contribution in [1.82, 2.24) is 0 Å². The molecule has 3 N–H and O–H groups in total. The number of aryl methyl sites for hydroxylation is 4. The molecule has 0 saturated heterocycles. The van der Waals surface area contributed by atoms with Gasteiger partial charge in [0.15, 0.2) is 0 Å². The van der Waals surface area contributed by atoms with Gasteiger partial charge in [0, 0.05) is 22.0 Å². The molecule has 0 unspecified atom stereocenters. The molecule has 0 aliphatic heterocycles. The Kier molecular flexibility index (Phi) is 22.3. The summed E-state index contributed by atoms with van der Waals surface area (Å²) in [5, 5.41) is 30.7. The Balaban J connectivity index is 0.000000291. The number of ether oxygens (including phenoxy) is 3. The number of carbonyl (C=O) groups is 2. The lowest BCUT2D eigenvalue weighted by atomic mass is 9.69. The van der Waals surface area contributed by atoms with Crippen molar-refractivity contribution in [2.45, 2.75) is 169 Å². The van der Waals surface area contributed by atoms with Gasteiger partial charge in [-0.2, -0.15) is 0 Å². The van der Waals surface area contributed by atoms with Crippen molar-refractivity contribution in [2.75, 3.05) is 21.3 Å². The first-order valence-electron chi connectivity index (χ1n) is 28.6. The zero-order valence-electron chi connectivity index (χ0n) is 50.2. The molecule has 0 aliphatic carbocycles. The molecule has 0 atom stereocenters. The van der Waals surface area contributed by atoms with E-state index >= 15 is 0 Å². The number of aliphatic carboxylic acids is 1. The number of carboxylic acids is 1. The molecule has 79 heavy (non-hydrogen) atoms. The van der Waals surface area contributed by atoms with Gasteiger partial charge in [-0.25, -0.2) is 0 Å². The van der Waals surface area contributed by atoms with Crippen molar-refractivity contribution in [1.29, 1.82) is 0 Å². The van der Waals surface area contributed by atoms with E-state index in [1.807, 2.05) is 76.2 Å². The normalized spacial score (nSPS) is 12.2. The molecule has 6 aromatic rings. The molecule has 0 amide bonds. The van der Waals surface area contributed by atoms with E-state index < -0.39 is 17.2 Å². The minimum absolute atomic E-state index is 0.0242. The number of hydrogen-bond acceptors (Lipinski definition) is 7. The average molecular weight is 1070 g/mol. The van der Waals surface area contributed by atoms with Gasteiger partial charge in [-0.15, -0.1) is 0 Å². The van der Waals surface area contributed by atoms with Crippen molar-refractivity contribution < 1.29 is 39.1 Å². The minimum atomic E-state index is -0.850. The van der Waals surface area contributed by atoms with Gasteiger partial charge in [0.05, 0.1) is 45.4 Å². The fraction of sp³-hybridized carbons (Fsp3) is 0.408. The number of carboxylic acid groups (broad SMARTS) is 1. The highest BCUT2D eigenvalue weighted by Crippen LogP contribution is 2.44. The number of methoxy groups -OCH3 is 3. The Morgan fingerprint density at radius 1 is 0.430 bits per heavy atom. The molecule has 422 valence electrons. The van der Waals surface area contributed by atoms with Gasteiger partial charge in [-0.3, -0.25) is 9.59 Å². The second-order valence-electron chi connectivity index (χ2n) is 21.5. The van der Waals surface area contributed by atoms with Gasteiger partial charge in [-0.1, -0.05) is 165 Å². The maximum Gasteiger partial charge on any atom is 0.309 e. The molecule has 0 spiro atoms. The second kappa shape index (κ2) is 27.9. The summed E-state index contributed by atoms with van der Waals surface area (Å²) >= 11 is 0. The molecule has 0 fully saturated rings. The lowest BCUT2D eigenvalue weighted by Crippen LogP contribution is -2.26. The Hall–Kier alpha value is -6.74. The highest BCUT2D eigenvalue weighted by atomic mass is 16.5. The third-order valence-corrected chi connectivity index (χ3v) is 17.3. The van der Waals surface area contributed by atoms with E-state index in [2.05, 4.69) is 140 Å². The maximum atomic E-state index is 11.9. The molecule has 0 aliphatic rings. The zero-order valence-corrected chi connectivity index (χ0v) is 50.2. The van der Waals surface area contributed by atoms with Gasteiger partial charge >= 0.3 is 11.9 Å². The van der Waals surface area contributed by atoms with Crippen LogP contribution in [0.15, 0.2) is 121 Å². The topological polar surface area (TPSA) is 123 Å². The summed E-state index contributed by atoms with van der Waals surface area (Å²) in [6.07, 6.45) is 14.8. The van der Waals surface area contributed by atoms with E-state index in [0.717, 1.165) is 92.8 Å². The summed E-state index contributed by atoms with van der Waals surface area (Å²) in [5.41, 5.74) is 15.9. The van der Waals surface area contributed by atoms with Crippen molar-refractivity contribution in [3.8, 4) is 33.8 Å². The molecule has 8 heteroatoms. The Morgan fingerprint density at radius 3 is 1.06 bits per heavy atom. The van der Waals surface area contributed by atoms with Gasteiger partial charge < -0.3 is 29.5 Å². The maximum absolute atomic E-state index is 11.9. The summed E-state index contributed by atoms with van der Waals surface area (Å²) in [6, 6.07) is 38.3. The minimum Gasteiger partial charge on any atom is -0.496 e. The molecule has 6 aromatic carbocycles.